The Balaban J connectivity index is 1.52. The molecule has 0 atom stereocenters. The van der Waals surface area contributed by atoms with Crippen LogP contribution >= 0.6 is 0 Å². The molecule has 250 valence electrons. The summed E-state index contributed by atoms with van der Waals surface area (Å²) in [5.74, 6) is -0.265. The summed E-state index contributed by atoms with van der Waals surface area (Å²) in [5.41, 5.74) is 5.04. The summed E-state index contributed by atoms with van der Waals surface area (Å²) in [6.07, 6.45) is 9.60. The molecule has 2 aromatic heterocycles. The van der Waals surface area contributed by atoms with Crippen LogP contribution in [0.4, 0.5) is 23.0 Å². The fourth-order valence-corrected chi connectivity index (χ4v) is 5.30. The maximum absolute atomic E-state index is 13.6. The van der Waals surface area contributed by atoms with Gasteiger partial charge in [-0.1, -0.05) is 43.4 Å². The van der Waals surface area contributed by atoms with Gasteiger partial charge < -0.3 is 30.7 Å². The van der Waals surface area contributed by atoms with Gasteiger partial charge in [-0.2, -0.15) is 10.1 Å². The van der Waals surface area contributed by atoms with Crippen molar-refractivity contribution in [1.82, 2.24) is 35.3 Å². The van der Waals surface area contributed by atoms with Crippen LogP contribution in [0.2, 0.25) is 0 Å². The predicted octanol–water partition coefficient (Wildman–Crippen LogP) is 5.17. The van der Waals surface area contributed by atoms with E-state index in [1.54, 1.807) is 6.08 Å². The van der Waals surface area contributed by atoms with E-state index in [0.717, 1.165) is 43.3 Å². The SMILES string of the molecule is CC=C/C=C(\CC)NC(=O)c1[nH]nc2nc(Nc3cccc(N4CCN(C)CC4)c3)nc(-c3cccc(NC(=O)/C=C/CN(C)C)c3)c12. The summed E-state index contributed by atoms with van der Waals surface area (Å²) >= 11 is 0. The number of hydrogen-bond donors (Lipinski definition) is 4. The number of anilines is 4. The minimum absolute atomic E-state index is 0.240. The van der Waals surface area contributed by atoms with Gasteiger partial charge >= 0.3 is 0 Å². The van der Waals surface area contributed by atoms with Crippen LogP contribution in [0.1, 0.15) is 30.8 Å². The van der Waals surface area contributed by atoms with Crippen LogP contribution < -0.4 is 20.9 Å². The number of hydrogen-bond acceptors (Lipinski definition) is 9. The van der Waals surface area contributed by atoms with Crippen molar-refractivity contribution in [3.63, 3.8) is 0 Å². The molecule has 1 fully saturated rings. The molecule has 5 rings (SSSR count). The molecule has 1 aliphatic rings. The van der Waals surface area contributed by atoms with Crippen LogP contribution in [0.25, 0.3) is 22.3 Å². The van der Waals surface area contributed by atoms with Gasteiger partial charge in [-0.15, -0.1) is 0 Å². The lowest BCUT2D eigenvalue weighted by atomic mass is 10.1. The molecule has 48 heavy (non-hydrogen) atoms. The van der Waals surface area contributed by atoms with Crippen molar-refractivity contribution in [3.05, 3.63) is 90.3 Å². The lowest BCUT2D eigenvalue weighted by Gasteiger charge is -2.34. The largest absolute Gasteiger partial charge is 0.369 e. The number of aromatic amines is 1. The van der Waals surface area contributed by atoms with Crippen molar-refractivity contribution in [2.75, 3.05) is 69.4 Å². The molecule has 1 saturated heterocycles. The molecule has 4 N–H and O–H groups in total. The number of benzene rings is 2. The quantitative estimate of drug-likeness (QED) is 0.121. The monoisotopic (exact) mass is 648 g/mol. The number of carbonyl (C=O) groups excluding carboxylic acids is 2. The number of allylic oxidation sites excluding steroid dienone is 4. The summed E-state index contributed by atoms with van der Waals surface area (Å²) in [6.45, 7) is 8.46. The highest BCUT2D eigenvalue weighted by Crippen LogP contribution is 2.32. The predicted molar refractivity (Wildman–Crippen MR) is 194 cm³/mol. The minimum atomic E-state index is -0.351. The Kier molecular flexibility index (Phi) is 11.3. The lowest BCUT2D eigenvalue weighted by Crippen LogP contribution is -2.44. The number of fused-ring (bicyclic) bond motifs is 1. The molecule has 1 aliphatic heterocycles. The van der Waals surface area contributed by atoms with E-state index < -0.39 is 0 Å². The van der Waals surface area contributed by atoms with E-state index in [0.29, 0.717) is 46.9 Å². The van der Waals surface area contributed by atoms with Crippen LogP contribution in [0.5, 0.6) is 0 Å². The summed E-state index contributed by atoms with van der Waals surface area (Å²) in [5, 5.41) is 17.1. The number of carbonyl (C=O) groups is 2. The molecule has 3 heterocycles. The van der Waals surface area contributed by atoms with Gasteiger partial charge in [-0.3, -0.25) is 14.7 Å². The smallest absolute Gasteiger partial charge is 0.274 e. The van der Waals surface area contributed by atoms with Gasteiger partial charge in [-0.05, 0) is 70.9 Å². The third kappa shape index (κ3) is 8.72. The first kappa shape index (κ1) is 34.0. The van der Waals surface area contributed by atoms with Gasteiger partial charge in [0.1, 0.15) is 5.69 Å². The maximum Gasteiger partial charge on any atom is 0.274 e. The van der Waals surface area contributed by atoms with E-state index in [4.69, 9.17) is 9.97 Å². The summed E-state index contributed by atoms with van der Waals surface area (Å²) in [4.78, 5) is 42.5. The Bertz CT molecular complexity index is 1830. The maximum atomic E-state index is 13.6. The number of likely N-dealkylation sites (N-methyl/N-ethyl adjacent to an activating group) is 2. The van der Waals surface area contributed by atoms with Crippen molar-refractivity contribution < 1.29 is 9.59 Å². The minimum Gasteiger partial charge on any atom is -0.369 e. The zero-order valence-corrected chi connectivity index (χ0v) is 28.2. The molecule has 0 saturated carbocycles. The Morgan fingerprint density at radius 1 is 1.02 bits per heavy atom. The fraction of sp³-hybridized carbons (Fsp3) is 0.306. The average Bonchev–Trinajstić information content (AvgIpc) is 3.51. The van der Waals surface area contributed by atoms with Gasteiger partial charge in [0.05, 0.1) is 11.1 Å². The fourth-order valence-electron chi connectivity index (χ4n) is 5.30. The van der Waals surface area contributed by atoms with E-state index >= 15 is 0 Å². The molecule has 12 heteroatoms. The van der Waals surface area contributed by atoms with E-state index in [1.165, 1.54) is 6.08 Å². The first-order chi connectivity index (χ1) is 23.2. The number of rotatable bonds is 12. The normalized spacial score (nSPS) is 14.4. The zero-order chi connectivity index (χ0) is 34.0. The molecular formula is C36H44N10O2. The molecule has 0 spiro atoms. The first-order valence-corrected chi connectivity index (χ1v) is 16.2. The molecule has 0 aliphatic carbocycles. The van der Waals surface area contributed by atoms with E-state index in [-0.39, 0.29) is 17.5 Å². The molecule has 2 amide bonds. The Hall–Kier alpha value is -5.33. The second kappa shape index (κ2) is 16.0. The third-order valence-corrected chi connectivity index (χ3v) is 7.90. The van der Waals surface area contributed by atoms with Crippen molar-refractivity contribution >= 4 is 45.9 Å². The molecule has 0 bridgehead atoms. The molecular weight excluding hydrogens is 604 g/mol. The molecule has 2 aromatic carbocycles. The number of amides is 2. The van der Waals surface area contributed by atoms with Crippen molar-refractivity contribution in [1.29, 1.82) is 0 Å². The average molecular weight is 649 g/mol. The van der Waals surface area contributed by atoms with Crippen LogP contribution in [-0.4, -0.2) is 95.6 Å². The van der Waals surface area contributed by atoms with E-state index in [1.807, 2.05) is 87.5 Å². The van der Waals surface area contributed by atoms with Crippen LogP contribution in [0.3, 0.4) is 0 Å². The number of aromatic nitrogens is 4. The zero-order valence-electron chi connectivity index (χ0n) is 28.2. The number of H-pyrrole nitrogens is 1. The number of nitrogens with zero attached hydrogens (tertiary/aromatic N) is 6. The van der Waals surface area contributed by atoms with Crippen LogP contribution in [-0.2, 0) is 4.79 Å². The second-order valence-electron chi connectivity index (χ2n) is 11.9. The van der Waals surface area contributed by atoms with Crippen molar-refractivity contribution in [3.8, 4) is 11.3 Å². The van der Waals surface area contributed by atoms with E-state index in [2.05, 4.69) is 55.1 Å². The second-order valence-corrected chi connectivity index (χ2v) is 11.9. The highest BCUT2D eigenvalue weighted by atomic mass is 16.2. The Morgan fingerprint density at radius 3 is 2.54 bits per heavy atom. The van der Waals surface area contributed by atoms with Gasteiger partial charge in [0, 0.05) is 67.1 Å². The standard InChI is InChI=1S/C36H44N10O2/c1-6-8-13-26(7-2)38-35(48)33-31-32(25-12-9-14-27(23-25)37-30(47)17-11-18-44(3)4)40-36(41-34(31)43-42-33)39-28-15-10-16-29(24-28)46-21-19-45(5)20-22-46/h6,8-17,23-24H,7,18-22H2,1-5H3,(H,37,47)(H,38,48)(H2,39,40,41,42,43)/b8-6?,17-11+,26-13+. The molecule has 4 aromatic rings. The van der Waals surface area contributed by atoms with E-state index in [9.17, 15) is 9.59 Å². The van der Waals surface area contributed by atoms with Crippen LogP contribution in [0.15, 0.2) is 84.6 Å². The molecule has 12 nitrogen and oxygen atoms in total. The summed E-state index contributed by atoms with van der Waals surface area (Å²) < 4.78 is 0. The lowest BCUT2D eigenvalue weighted by molar-refractivity contribution is -0.111. The Labute approximate surface area is 281 Å². The summed E-state index contributed by atoms with van der Waals surface area (Å²) in [7, 11) is 6.02. The number of piperazine rings is 1. The third-order valence-electron chi connectivity index (χ3n) is 7.90. The first-order valence-electron chi connectivity index (χ1n) is 16.2. The molecule has 0 radical (unpaired) electrons. The van der Waals surface area contributed by atoms with Gasteiger partial charge in [0.15, 0.2) is 5.65 Å². The van der Waals surface area contributed by atoms with Gasteiger partial charge in [-0.25, -0.2) is 4.98 Å². The topological polar surface area (TPSA) is 134 Å². The van der Waals surface area contributed by atoms with Crippen molar-refractivity contribution in [2.45, 2.75) is 20.3 Å². The van der Waals surface area contributed by atoms with Crippen LogP contribution in [0, 0.1) is 0 Å². The van der Waals surface area contributed by atoms with Crippen molar-refractivity contribution in [2.24, 2.45) is 0 Å². The van der Waals surface area contributed by atoms with Gasteiger partial charge in [0.25, 0.3) is 5.91 Å². The highest BCUT2D eigenvalue weighted by molar-refractivity contribution is 6.09. The molecule has 0 unspecified atom stereocenters. The summed E-state index contributed by atoms with van der Waals surface area (Å²) in [6, 6.07) is 15.5. The Morgan fingerprint density at radius 2 is 1.79 bits per heavy atom. The van der Waals surface area contributed by atoms with Gasteiger partial charge in [0.2, 0.25) is 11.9 Å². The number of nitrogens with one attached hydrogen (secondary N) is 4. The highest BCUT2D eigenvalue weighted by Gasteiger charge is 2.22.